The molecule has 0 fully saturated rings. The SMILES string of the molecule is C=CC(=O)N(CC)CC(C)Oc1nc(Nc2ccc(OC)nc2)ncc1F. The van der Waals surface area contributed by atoms with Gasteiger partial charge in [-0.15, -0.1) is 0 Å². The van der Waals surface area contributed by atoms with Gasteiger partial charge in [0.05, 0.1) is 31.7 Å². The number of hydrogen-bond donors (Lipinski definition) is 1. The number of pyridine rings is 1. The first-order valence-electron chi connectivity index (χ1n) is 8.34. The summed E-state index contributed by atoms with van der Waals surface area (Å²) in [6, 6.07) is 3.39. The zero-order chi connectivity index (χ0) is 19.8. The van der Waals surface area contributed by atoms with Crippen LogP contribution >= 0.6 is 0 Å². The second kappa shape index (κ2) is 9.46. The Kier molecular flexibility index (Phi) is 7.04. The van der Waals surface area contributed by atoms with Crippen molar-refractivity contribution in [3.8, 4) is 11.8 Å². The summed E-state index contributed by atoms with van der Waals surface area (Å²) in [6.07, 6.45) is 3.30. The fraction of sp³-hybridized carbons (Fsp3) is 0.333. The Morgan fingerprint density at radius 3 is 2.78 bits per heavy atom. The van der Waals surface area contributed by atoms with Crippen LogP contribution in [-0.4, -0.2) is 52.1 Å². The van der Waals surface area contributed by atoms with Crippen LogP contribution in [0.2, 0.25) is 0 Å². The summed E-state index contributed by atoms with van der Waals surface area (Å²) in [6.45, 7) is 7.79. The topological polar surface area (TPSA) is 89.5 Å². The van der Waals surface area contributed by atoms with Gasteiger partial charge in [-0.25, -0.2) is 9.97 Å². The van der Waals surface area contributed by atoms with Gasteiger partial charge in [0.15, 0.2) is 0 Å². The summed E-state index contributed by atoms with van der Waals surface area (Å²) in [5.41, 5.74) is 0.607. The van der Waals surface area contributed by atoms with Crippen molar-refractivity contribution in [3.05, 3.63) is 43.0 Å². The molecule has 0 aliphatic heterocycles. The van der Waals surface area contributed by atoms with E-state index in [1.807, 2.05) is 6.92 Å². The van der Waals surface area contributed by atoms with E-state index in [4.69, 9.17) is 9.47 Å². The molecule has 1 amide bonds. The Bertz CT molecular complexity index is 785. The van der Waals surface area contributed by atoms with E-state index >= 15 is 0 Å². The standard InChI is InChI=1S/C18H22FN5O3/c1-5-16(25)24(6-2)11-12(3)27-17-14(19)10-21-18(23-17)22-13-7-8-15(26-4)20-9-13/h5,7-10,12H,1,6,11H2,2-4H3,(H,21,22,23). The molecule has 0 aliphatic carbocycles. The van der Waals surface area contributed by atoms with Crippen molar-refractivity contribution in [1.82, 2.24) is 19.9 Å². The molecule has 2 aromatic rings. The normalized spacial score (nSPS) is 11.4. The molecule has 1 atom stereocenters. The van der Waals surface area contributed by atoms with Crippen molar-refractivity contribution in [2.24, 2.45) is 0 Å². The third-order valence-corrected chi connectivity index (χ3v) is 3.57. The van der Waals surface area contributed by atoms with Crippen LogP contribution in [0.5, 0.6) is 11.8 Å². The molecular formula is C18H22FN5O3. The molecule has 2 heterocycles. The fourth-order valence-corrected chi connectivity index (χ4v) is 2.24. The zero-order valence-corrected chi connectivity index (χ0v) is 15.5. The van der Waals surface area contributed by atoms with Crippen molar-refractivity contribution in [2.75, 3.05) is 25.5 Å². The molecule has 1 N–H and O–H groups in total. The first kappa shape index (κ1) is 20.1. The van der Waals surface area contributed by atoms with Crippen molar-refractivity contribution in [2.45, 2.75) is 20.0 Å². The second-order valence-electron chi connectivity index (χ2n) is 5.57. The largest absolute Gasteiger partial charge is 0.481 e. The lowest BCUT2D eigenvalue weighted by Gasteiger charge is -2.23. The first-order chi connectivity index (χ1) is 13.0. The Labute approximate surface area is 157 Å². The number of nitrogens with zero attached hydrogens (tertiary/aromatic N) is 4. The minimum Gasteiger partial charge on any atom is -0.481 e. The number of halogens is 1. The Hall–Kier alpha value is -3.23. The second-order valence-corrected chi connectivity index (χ2v) is 5.57. The monoisotopic (exact) mass is 375 g/mol. The number of carbonyl (C=O) groups is 1. The number of rotatable bonds is 9. The minimum atomic E-state index is -0.696. The van der Waals surface area contributed by atoms with E-state index in [-0.39, 0.29) is 24.3 Å². The van der Waals surface area contributed by atoms with Gasteiger partial charge in [0.2, 0.25) is 23.6 Å². The van der Waals surface area contributed by atoms with Crippen LogP contribution in [0.3, 0.4) is 0 Å². The van der Waals surface area contributed by atoms with Gasteiger partial charge in [-0.05, 0) is 26.0 Å². The average molecular weight is 375 g/mol. The quantitative estimate of drug-likeness (QED) is 0.674. The van der Waals surface area contributed by atoms with Crippen molar-refractivity contribution < 1.29 is 18.7 Å². The molecule has 1 unspecified atom stereocenters. The summed E-state index contributed by atoms with van der Waals surface area (Å²) in [5.74, 6) is -0.500. The molecule has 9 heteroatoms. The molecule has 0 aliphatic rings. The Morgan fingerprint density at radius 1 is 1.41 bits per heavy atom. The summed E-state index contributed by atoms with van der Waals surface area (Å²) in [5, 5.41) is 2.91. The number of likely N-dealkylation sites (N-methyl/N-ethyl adjacent to an activating group) is 1. The lowest BCUT2D eigenvalue weighted by Crippen LogP contribution is -2.37. The van der Waals surface area contributed by atoms with Crippen LogP contribution in [0.1, 0.15) is 13.8 Å². The number of amides is 1. The van der Waals surface area contributed by atoms with Crippen molar-refractivity contribution in [1.29, 1.82) is 0 Å². The average Bonchev–Trinajstić information content (AvgIpc) is 2.68. The van der Waals surface area contributed by atoms with Gasteiger partial charge < -0.3 is 19.7 Å². The summed E-state index contributed by atoms with van der Waals surface area (Å²) >= 11 is 0. The molecule has 0 bridgehead atoms. The van der Waals surface area contributed by atoms with Gasteiger partial charge in [0.25, 0.3) is 5.88 Å². The van der Waals surface area contributed by atoms with Gasteiger partial charge in [-0.3, -0.25) is 4.79 Å². The molecule has 144 valence electrons. The maximum absolute atomic E-state index is 14.0. The molecule has 8 nitrogen and oxygen atoms in total. The van der Waals surface area contributed by atoms with E-state index in [0.717, 1.165) is 6.20 Å². The van der Waals surface area contributed by atoms with Gasteiger partial charge in [-0.2, -0.15) is 9.37 Å². The van der Waals surface area contributed by atoms with Gasteiger partial charge in [0, 0.05) is 12.6 Å². The van der Waals surface area contributed by atoms with Gasteiger partial charge in [-0.1, -0.05) is 6.58 Å². The predicted molar refractivity (Wildman–Crippen MR) is 98.6 cm³/mol. The van der Waals surface area contributed by atoms with Crippen molar-refractivity contribution in [3.63, 3.8) is 0 Å². The third-order valence-electron chi connectivity index (χ3n) is 3.57. The first-order valence-corrected chi connectivity index (χ1v) is 8.34. The summed E-state index contributed by atoms with van der Waals surface area (Å²) in [4.78, 5) is 25.3. The number of carbonyl (C=O) groups excluding carboxylic acids is 1. The maximum atomic E-state index is 14.0. The number of anilines is 2. The molecule has 0 aromatic carbocycles. The molecule has 0 spiro atoms. The van der Waals surface area contributed by atoms with E-state index in [2.05, 4.69) is 26.8 Å². The van der Waals surface area contributed by atoms with Crippen LogP contribution < -0.4 is 14.8 Å². The molecule has 27 heavy (non-hydrogen) atoms. The highest BCUT2D eigenvalue weighted by molar-refractivity contribution is 5.86. The molecule has 0 saturated carbocycles. The van der Waals surface area contributed by atoms with Gasteiger partial charge >= 0.3 is 0 Å². The van der Waals surface area contributed by atoms with Gasteiger partial charge in [0.1, 0.15) is 6.10 Å². The lowest BCUT2D eigenvalue weighted by molar-refractivity contribution is -0.126. The van der Waals surface area contributed by atoms with E-state index in [1.165, 1.54) is 19.4 Å². The zero-order valence-electron chi connectivity index (χ0n) is 15.5. The molecule has 2 rings (SSSR count). The third kappa shape index (κ3) is 5.63. The van der Waals surface area contributed by atoms with Crippen LogP contribution in [-0.2, 0) is 4.79 Å². The van der Waals surface area contributed by atoms with E-state index in [0.29, 0.717) is 18.1 Å². The molecular weight excluding hydrogens is 353 g/mol. The predicted octanol–water partition coefficient (Wildman–Crippen LogP) is 2.56. The fourth-order valence-electron chi connectivity index (χ4n) is 2.24. The van der Waals surface area contributed by atoms with E-state index < -0.39 is 11.9 Å². The lowest BCUT2D eigenvalue weighted by atomic mass is 10.3. The van der Waals surface area contributed by atoms with Crippen LogP contribution in [0.15, 0.2) is 37.2 Å². The number of ether oxygens (including phenoxy) is 2. The van der Waals surface area contributed by atoms with Crippen LogP contribution in [0, 0.1) is 5.82 Å². The number of methoxy groups -OCH3 is 1. The minimum absolute atomic E-state index is 0.153. The highest BCUT2D eigenvalue weighted by Gasteiger charge is 2.17. The van der Waals surface area contributed by atoms with Crippen LogP contribution in [0.4, 0.5) is 16.0 Å². The smallest absolute Gasteiger partial charge is 0.255 e. The molecule has 0 radical (unpaired) electrons. The summed E-state index contributed by atoms with van der Waals surface area (Å²) < 4.78 is 24.6. The maximum Gasteiger partial charge on any atom is 0.255 e. The Morgan fingerprint density at radius 2 is 2.19 bits per heavy atom. The highest BCUT2D eigenvalue weighted by atomic mass is 19.1. The number of hydrogen-bond acceptors (Lipinski definition) is 7. The van der Waals surface area contributed by atoms with Crippen molar-refractivity contribution >= 4 is 17.5 Å². The molecule has 0 saturated heterocycles. The Balaban J connectivity index is 2.07. The number of nitrogens with one attached hydrogen (secondary N) is 1. The van der Waals surface area contributed by atoms with E-state index in [9.17, 15) is 9.18 Å². The van der Waals surface area contributed by atoms with E-state index in [1.54, 1.807) is 24.0 Å². The molecule has 2 aromatic heterocycles. The van der Waals surface area contributed by atoms with Crippen LogP contribution in [0.25, 0.3) is 0 Å². The number of aromatic nitrogens is 3. The summed E-state index contributed by atoms with van der Waals surface area (Å²) in [7, 11) is 1.52. The highest BCUT2D eigenvalue weighted by Crippen LogP contribution is 2.20.